The number of furan rings is 1. The topological polar surface area (TPSA) is 21.3 Å². The van der Waals surface area contributed by atoms with Gasteiger partial charge in [0.1, 0.15) is 11.2 Å². The molecule has 0 unspecified atom stereocenters. The van der Waals surface area contributed by atoms with Crippen molar-refractivity contribution in [3.63, 3.8) is 0 Å². The normalized spacial score (nSPS) is 11.7. The molecule has 0 radical (unpaired) electrons. The summed E-state index contributed by atoms with van der Waals surface area (Å²) < 4.78 is 9.08. The van der Waals surface area contributed by atoms with Crippen LogP contribution >= 0.6 is 0 Å². The van der Waals surface area contributed by atoms with Crippen molar-refractivity contribution in [3.8, 4) is 27.9 Å². The molecule has 0 amide bonds. The quantitative estimate of drug-likeness (QED) is 0.169. The van der Waals surface area contributed by atoms with Crippen LogP contribution in [0.25, 0.3) is 93.2 Å². The van der Waals surface area contributed by atoms with E-state index in [1.54, 1.807) is 0 Å². The summed E-state index contributed by atoms with van der Waals surface area (Å²) in [5.41, 5.74) is 13.2. The minimum absolute atomic E-state index is 0.864. The summed E-state index contributed by atoms with van der Waals surface area (Å²) in [6.07, 6.45) is 0. The summed E-state index contributed by atoms with van der Waals surface area (Å²) >= 11 is 0. The van der Waals surface area contributed by atoms with Crippen molar-refractivity contribution < 1.29 is 4.42 Å². The Kier molecular flexibility index (Phi) is 7.54. The van der Waals surface area contributed by atoms with Gasteiger partial charge in [-0.25, -0.2) is 0 Å². The molecular weight excluding hydrogens is 717 g/mol. The van der Waals surface area contributed by atoms with E-state index >= 15 is 0 Å². The first-order valence-corrected chi connectivity index (χ1v) is 20.2. The number of para-hydroxylation sites is 2. The van der Waals surface area contributed by atoms with Gasteiger partial charge in [-0.05, 0) is 111 Å². The molecule has 276 valence electrons. The van der Waals surface area contributed by atoms with Gasteiger partial charge in [-0.15, -0.1) is 0 Å². The van der Waals surface area contributed by atoms with Gasteiger partial charge in [0.05, 0.1) is 11.0 Å². The third kappa shape index (κ3) is 5.51. The van der Waals surface area contributed by atoms with Crippen LogP contribution in [0.3, 0.4) is 0 Å². The fraction of sp³-hybridized carbons (Fsp3) is 0. The molecule has 0 aliphatic heterocycles. The second-order valence-electron chi connectivity index (χ2n) is 15.4. The van der Waals surface area contributed by atoms with Crippen molar-refractivity contribution in [2.75, 3.05) is 4.90 Å². The highest BCUT2D eigenvalue weighted by Crippen LogP contribution is 2.42. The van der Waals surface area contributed by atoms with Crippen molar-refractivity contribution in [3.05, 3.63) is 218 Å². The molecule has 0 saturated carbocycles. The van der Waals surface area contributed by atoms with Gasteiger partial charge in [0.15, 0.2) is 0 Å². The summed E-state index contributed by atoms with van der Waals surface area (Å²) in [5, 5.41) is 9.52. The van der Waals surface area contributed by atoms with Gasteiger partial charge in [0.25, 0.3) is 0 Å². The average molecular weight is 753 g/mol. The summed E-state index contributed by atoms with van der Waals surface area (Å²) in [4.78, 5) is 2.34. The lowest BCUT2D eigenvalue weighted by molar-refractivity contribution is 0.672. The molecule has 0 aliphatic rings. The van der Waals surface area contributed by atoms with Crippen LogP contribution in [0.15, 0.2) is 223 Å². The van der Waals surface area contributed by atoms with Gasteiger partial charge < -0.3 is 13.9 Å². The van der Waals surface area contributed by atoms with E-state index in [-0.39, 0.29) is 0 Å². The maximum absolute atomic E-state index is 6.71. The smallest absolute Gasteiger partial charge is 0.143 e. The molecule has 0 N–H and O–H groups in total. The lowest BCUT2D eigenvalue weighted by Gasteiger charge is -2.26. The van der Waals surface area contributed by atoms with Gasteiger partial charge in [-0.2, -0.15) is 0 Å². The monoisotopic (exact) mass is 752 g/mol. The van der Waals surface area contributed by atoms with Crippen molar-refractivity contribution in [2.45, 2.75) is 0 Å². The van der Waals surface area contributed by atoms with Gasteiger partial charge in [-0.1, -0.05) is 140 Å². The standard InChI is InChI=1S/C56H36N2O/c1-2-13-40-33-43(24-23-37(40)11-1)42-15-10-16-45(35-42)57(47-30-32-51-52-31-27-39-12-3-4-18-48(39)56(52)59-55(51)36-47)44-28-25-38(26-29-44)41-14-9-17-46(34-41)58-53-21-7-5-19-49(53)50-20-6-8-22-54(50)58/h1-36H. The molecule has 0 spiro atoms. The maximum Gasteiger partial charge on any atom is 0.143 e. The third-order valence-corrected chi connectivity index (χ3v) is 11.9. The molecule has 3 nitrogen and oxygen atoms in total. The summed E-state index contributed by atoms with van der Waals surface area (Å²) in [6.45, 7) is 0. The summed E-state index contributed by atoms with van der Waals surface area (Å²) in [7, 11) is 0. The summed E-state index contributed by atoms with van der Waals surface area (Å²) in [6, 6.07) is 78.7. The lowest BCUT2D eigenvalue weighted by Crippen LogP contribution is -2.10. The van der Waals surface area contributed by atoms with Crippen LogP contribution in [0.1, 0.15) is 0 Å². The highest BCUT2D eigenvalue weighted by atomic mass is 16.3. The molecule has 3 heteroatoms. The number of fused-ring (bicyclic) bond motifs is 9. The zero-order valence-electron chi connectivity index (χ0n) is 32.1. The Labute approximate surface area is 341 Å². The lowest BCUT2D eigenvalue weighted by atomic mass is 10.00. The van der Waals surface area contributed by atoms with Crippen molar-refractivity contribution in [1.29, 1.82) is 0 Å². The number of aromatic nitrogens is 1. The van der Waals surface area contributed by atoms with Crippen molar-refractivity contribution >= 4 is 82.4 Å². The van der Waals surface area contributed by atoms with E-state index in [4.69, 9.17) is 4.42 Å². The Morgan fingerprint density at radius 1 is 0.322 bits per heavy atom. The zero-order chi connectivity index (χ0) is 38.9. The fourth-order valence-electron chi connectivity index (χ4n) is 9.10. The molecule has 0 bridgehead atoms. The van der Waals surface area contributed by atoms with Crippen molar-refractivity contribution in [1.82, 2.24) is 4.57 Å². The molecule has 0 fully saturated rings. The number of hydrogen-bond donors (Lipinski definition) is 0. The third-order valence-electron chi connectivity index (χ3n) is 11.9. The van der Waals surface area contributed by atoms with Crippen molar-refractivity contribution in [2.24, 2.45) is 0 Å². The predicted molar refractivity (Wildman–Crippen MR) is 249 cm³/mol. The highest BCUT2D eigenvalue weighted by molar-refractivity contribution is 6.15. The van der Waals surface area contributed by atoms with Crippen LogP contribution in [0.4, 0.5) is 17.1 Å². The average Bonchev–Trinajstić information content (AvgIpc) is 3.85. The molecule has 0 saturated heterocycles. The Balaban J connectivity index is 0.979. The van der Waals surface area contributed by atoms with Crippen LogP contribution in [0.2, 0.25) is 0 Å². The van der Waals surface area contributed by atoms with Gasteiger partial charge in [0.2, 0.25) is 0 Å². The van der Waals surface area contributed by atoms with Gasteiger partial charge >= 0.3 is 0 Å². The first kappa shape index (κ1) is 33.3. The Bertz CT molecular complexity index is 3520. The number of benzene rings is 10. The highest BCUT2D eigenvalue weighted by Gasteiger charge is 2.18. The molecule has 10 aromatic carbocycles. The maximum atomic E-state index is 6.71. The van der Waals surface area contributed by atoms with E-state index < -0.39 is 0 Å². The first-order chi connectivity index (χ1) is 29.2. The summed E-state index contributed by atoms with van der Waals surface area (Å²) in [5.74, 6) is 0. The van der Waals surface area contributed by atoms with E-state index in [9.17, 15) is 0 Å². The minimum Gasteiger partial charge on any atom is -0.455 e. The number of anilines is 3. The van der Waals surface area contributed by atoms with Crippen LogP contribution in [-0.4, -0.2) is 4.57 Å². The Morgan fingerprint density at radius 2 is 0.898 bits per heavy atom. The Hall–Kier alpha value is -7.88. The van der Waals surface area contributed by atoms with Crippen LogP contribution in [-0.2, 0) is 0 Å². The van der Waals surface area contributed by atoms with E-state index in [1.807, 2.05) is 0 Å². The van der Waals surface area contributed by atoms with Crippen LogP contribution < -0.4 is 4.90 Å². The van der Waals surface area contributed by atoms with Crippen LogP contribution in [0, 0.1) is 0 Å². The largest absolute Gasteiger partial charge is 0.455 e. The SMILES string of the molecule is c1cc(-c2ccc3ccccc3c2)cc(N(c2ccc(-c3cccc(-n4c5ccccc5c5ccccc54)c3)cc2)c2ccc3c(c2)oc2c4ccccc4ccc32)c1. The molecule has 0 aliphatic carbocycles. The predicted octanol–water partition coefficient (Wildman–Crippen LogP) is 15.8. The molecule has 2 aromatic heterocycles. The molecule has 2 heterocycles. The second kappa shape index (κ2) is 13.4. The molecule has 0 atom stereocenters. The van der Waals surface area contributed by atoms with E-state index in [0.29, 0.717) is 0 Å². The van der Waals surface area contributed by atoms with Gasteiger partial charge in [-0.3, -0.25) is 0 Å². The number of hydrogen-bond acceptors (Lipinski definition) is 2. The van der Waals surface area contributed by atoms with E-state index in [2.05, 4.69) is 228 Å². The number of rotatable bonds is 6. The number of nitrogens with zero attached hydrogens (tertiary/aromatic N) is 2. The second-order valence-corrected chi connectivity index (χ2v) is 15.4. The van der Waals surface area contributed by atoms with E-state index in [0.717, 1.165) is 66.8 Å². The zero-order valence-corrected chi connectivity index (χ0v) is 32.1. The fourth-order valence-corrected chi connectivity index (χ4v) is 9.10. The molecule has 12 rings (SSSR count). The molecule has 59 heavy (non-hydrogen) atoms. The minimum atomic E-state index is 0.864. The van der Waals surface area contributed by atoms with Gasteiger partial charge in [0, 0.05) is 55.7 Å². The first-order valence-electron chi connectivity index (χ1n) is 20.2. The molecular formula is C56H36N2O. The van der Waals surface area contributed by atoms with E-state index in [1.165, 1.54) is 43.5 Å². The van der Waals surface area contributed by atoms with Crippen LogP contribution in [0.5, 0.6) is 0 Å². The molecule has 12 aromatic rings. The Morgan fingerprint density at radius 3 is 1.69 bits per heavy atom.